The number of hydrogen-bond donors (Lipinski definition) is 2. The van der Waals surface area contributed by atoms with Crippen LogP contribution in [0.5, 0.6) is 11.6 Å². The van der Waals surface area contributed by atoms with E-state index in [-0.39, 0.29) is 0 Å². The quantitative estimate of drug-likeness (QED) is 0.123. The molecule has 4 aromatic rings. The number of hydrogen-bond acceptors (Lipinski definition) is 12. The number of aryl methyl sites for hydroxylation is 1. The highest BCUT2D eigenvalue weighted by atomic mass is 79.9. The van der Waals surface area contributed by atoms with E-state index in [1.54, 1.807) is 46.1 Å². The minimum atomic E-state index is -2.74. The molecule has 1 unspecified atom stereocenters. The number of piperazine rings is 1. The Kier molecular flexibility index (Phi) is 12.9. The lowest BCUT2D eigenvalue weighted by Gasteiger charge is -2.38. The Balaban J connectivity index is 1.36. The monoisotopic (exact) mass is 779 g/mol. The number of aromatic nitrogens is 4. The first-order valence-corrected chi connectivity index (χ1v) is 20.8. The summed E-state index contributed by atoms with van der Waals surface area (Å²) in [7, 11) is 4.87. The van der Waals surface area contributed by atoms with Crippen LogP contribution in [0.3, 0.4) is 0 Å². The molecule has 0 bridgehead atoms. The van der Waals surface area contributed by atoms with E-state index >= 15 is 0 Å². The van der Waals surface area contributed by atoms with E-state index in [4.69, 9.17) is 14.5 Å². The highest BCUT2D eigenvalue weighted by Crippen LogP contribution is 2.41. The van der Waals surface area contributed by atoms with E-state index < -0.39 is 7.14 Å². The van der Waals surface area contributed by atoms with Crippen molar-refractivity contribution < 1.29 is 14.0 Å². The summed E-state index contributed by atoms with van der Waals surface area (Å²) in [5.74, 6) is 2.02. The number of ether oxygens (including phenoxy) is 2. The lowest BCUT2D eigenvalue weighted by atomic mass is 10.0. The maximum atomic E-state index is 13.5. The third-order valence-corrected chi connectivity index (χ3v) is 11.6. The normalized spacial score (nSPS) is 14.6. The highest BCUT2D eigenvalue weighted by Gasteiger charge is 2.23. The van der Waals surface area contributed by atoms with Gasteiger partial charge in [0, 0.05) is 74.6 Å². The maximum absolute atomic E-state index is 13.5. The van der Waals surface area contributed by atoms with Crippen LogP contribution in [0.25, 0.3) is 11.3 Å². The predicted octanol–water partition coefficient (Wildman–Crippen LogP) is 6.86. The van der Waals surface area contributed by atoms with Crippen LogP contribution in [-0.2, 0) is 11.0 Å². The fourth-order valence-corrected chi connectivity index (χ4v) is 7.86. The smallest absolute Gasteiger partial charge is 0.232 e. The fourth-order valence-electron chi connectivity index (χ4n) is 6.40. The van der Waals surface area contributed by atoms with E-state index in [2.05, 4.69) is 96.3 Å². The lowest BCUT2D eigenvalue weighted by Crippen LogP contribution is -2.49. The molecular formula is C37H51BrN9O3P. The molecule has 51 heavy (non-hydrogen) atoms. The van der Waals surface area contributed by atoms with Crippen molar-refractivity contribution >= 4 is 57.2 Å². The average molecular weight is 781 g/mol. The molecule has 2 aromatic carbocycles. The number of nitrogens with one attached hydrogen (secondary N) is 2. The Bertz CT molecular complexity index is 1850. The summed E-state index contributed by atoms with van der Waals surface area (Å²) in [6.45, 7) is 13.4. The molecule has 1 saturated heterocycles. The molecule has 1 fully saturated rings. The van der Waals surface area contributed by atoms with Crippen LogP contribution in [0.15, 0.2) is 53.4 Å². The summed E-state index contributed by atoms with van der Waals surface area (Å²) < 4.78 is 25.3. The molecule has 0 saturated carbocycles. The summed E-state index contributed by atoms with van der Waals surface area (Å²) in [6, 6.07) is 10.5. The Hall–Kier alpha value is -3.77. The average Bonchev–Trinajstić information content (AvgIpc) is 3.13. The fraction of sp³-hybridized carbons (Fsp3) is 0.459. The molecule has 5 rings (SSSR count). The van der Waals surface area contributed by atoms with Crippen molar-refractivity contribution in [3.8, 4) is 22.9 Å². The van der Waals surface area contributed by atoms with E-state index in [1.807, 2.05) is 18.2 Å². The minimum absolute atomic E-state index is 0.390. The lowest BCUT2D eigenvalue weighted by molar-refractivity contribution is 0.105. The zero-order chi connectivity index (χ0) is 36.7. The van der Waals surface area contributed by atoms with Gasteiger partial charge in [-0.15, -0.1) is 0 Å². The molecular weight excluding hydrogens is 729 g/mol. The van der Waals surface area contributed by atoms with Gasteiger partial charge < -0.3 is 34.5 Å². The van der Waals surface area contributed by atoms with Gasteiger partial charge in [0.1, 0.15) is 18.7 Å². The van der Waals surface area contributed by atoms with Crippen LogP contribution >= 0.6 is 23.1 Å². The number of anilines is 5. The third-order valence-electron chi connectivity index (χ3n) is 9.46. The summed E-state index contributed by atoms with van der Waals surface area (Å²) in [5.41, 5.74) is 5.22. The number of nitrogens with zero attached hydrogens (tertiary/aromatic N) is 7. The molecule has 0 aliphatic carbocycles. The van der Waals surface area contributed by atoms with E-state index in [1.165, 1.54) is 5.56 Å². The first kappa shape index (κ1) is 38.5. The van der Waals surface area contributed by atoms with Crippen molar-refractivity contribution in [1.29, 1.82) is 0 Å². The van der Waals surface area contributed by atoms with E-state index in [9.17, 15) is 4.57 Å². The van der Waals surface area contributed by atoms with Gasteiger partial charge >= 0.3 is 0 Å². The number of rotatable bonds is 15. The molecule has 1 aliphatic rings. The van der Waals surface area contributed by atoms with Crippen molar-refractivity contribution in [3.63, 3.8) is 0 Å². The number of likely N-dealkylation sites (N-methyl/N-ethyl adjacent to an activating group) is 1. The van der Waals surface area contributed by atoms with Crippen molar-refractivity contribution in [3.05, 3.63) is 59.0 Å². The maximum Gasteiger partial charge on any atom is 0.232 e. The van der Waals surface area contributed by atoms with E-state index in [0.717, 1.165) is 68.9 Å². The second-order valence-corrected chi connectivity index (χ2v) is 17.4. The topological polar surface area (TPSA) is 121 Å². The van der Waals surface area contributed by atoms with Gasteiger partial charge in [0.15, 0.2) is 0 Å². The largest absolute Gasteiger partial charge is 0.494 e. The van der Waals surface area contributed by atoms with Crippen LogP contribution in [0.4, 0.5) is 28.8 Å². The molecule has 0 amide bonds. The predicted molar refractivity (Wildman–Crippen MR) is 213 cm³/mol. The zero-order valence-electron chi connectivity index (χ0n) is 31.0. The van der Waals surface area contributed by atoms with Crippen LogP contribution in [0.1, 0.15) is 32.3 Å². The van der Waals surface area contributed by atoms with Gasteiger partial charge in [-0.05, 0) is 79.3 Å². The van der Waals surface area contributed by atoms with Gasteiger partial charge in [0.25, 0.3) is 0 Å². The second kappa shape index (κ2) is 17.2. The summed E-state index contributed by atoms with van der Waals surface area (Å²) in [6.07, 6.45) is 8.01. The van der Waals surface area contributed by atoms with Crippen molar-refractivity contribution in [2.45, 2.75) is 39.2 Å². The molecule has 0 radical (unpaired) electrons. The van der Waals surface area contributed by atoms with Crippen LogP contribution in [0, 0.1) is 0 Å². The van der Waals surface area contributed by atoms with Gasteiger partial charge in [-0.25, -0.2) is 9.97 Å². The molecule has 1 atom stereocenters. The zero-order valence-corrected chi connectivity index (χ0v) is 33.5. The number of benzene rings is 2. The molecule has 2 N–H and O–H groups in total. The van der Waals surface area contributed by atoms with E-state index in [0.29, 0.717) is 50.6 Å². The third kappa shape index (κ3) is 9.57. The first-order valence-electron chi connectivity index (χ1n) is 17.4. The van der Waals surface area contributed by atoms with Gasteiger partial charge in [-0.3, -0.25) is 9.88 Å². The molecule has 2 aromatic heterocycles. The molecule has 12 nitrogen and oxygen atoms in total. The SMILES string of the molecule is CCc1cc(Nc2ncc(Br)c(Nc3ccc(-c4cncc(OC)n4)cc3P(C)(C)=O)n2)c(OC)cc1N(C)CCC(CC)N1CCN(C)CC1. The Morgan fingerprint density at radius 3 is 2.41 bits per heavy atom. The molecule has 14 heteroatoms. The van der Waals surface area contributed by atoms with Gasteiger partial charge in [0.2, 0.25) is 11.8 Å². The van der Waals surface area contributed by atoms with Crippen molar-refractivity contribution in [2.24, 2.45) is 0 Å². The van der Waals surface area contributed by atoms with Crippen LogP contribution in [-0.4, -0.2) is 110 Å². The summed E-state index contributed by atoms with van der Waals surface area (Å²) >= 11 is 3.60. The summed E-state index contributed by atoms with van der Waals surface area (Å²) in [4.78, 5) is 25.5. The Morgan fingerprint density at radius 2 is 1.75 bits per heavy atom. The minimum Gasteiger partial charge on any atom is -0.494 e. The van der Waals surface area contributed by atoms with Gasteiger partial charge in [-0.2, -0.15) is 4.98 Å². The van der Waals surface area contributed by atoms with Crippen molar-refractivity contribution in [2.75, 3.05) is 89.9 Å². The molecule has 1 aliphatic heterocycles. The molecule has 3 heterocycles. The first-order chi connectivity index (χ1) is 24.4. The van der Waals surface area contributed by atoms with Crippen molar-refractivity contribution in [1.82, 2.24) is 29.7 Å². The molecule has 274 valence electrons. The second-order valence-electron chi connectivity index (χ2n) is 13.3. The Labute approximate surface area is 310 Å². The standard InChI is InChI=1S/C37H51BrN9O3P/c1-9-25-19-30(33(49-5)21-32(25)46(4)14-13-27(10-2)47-17-15-45(3)16-18-47)43-37-40-22-28(38)36(44-37)42-29-12-11-26(20-34(29)51(7,8)48)31-23-39-24-35(41-31)50-6/h11-12,19-24,27H,9-10,13-18H2,1-8H3,(H2,40,42,43,44). The Morgan fingerprint density at radius 1 is 0.980 bits per heavy atom. The molecule has 0 spiro atoms. The number of halogens is 1. The van der Waals surface area contributed by atoms with Crippen LogP contribution in [0.2, 0.25) is 0 Å². The van der Waals surface area contributed by atoms with Gasteiger partial charge in [0.05, 0.1) is 48.2 Å². The number of methoxy groups -OCH3 is 2. The summed E-state index contributed by atoms with van der Waals surface area (Å²) in [5, 5.41) is 7.44. The van der Waals surface area contributed by atoms with Gasteiger partial charge in [-0.1, -0.05) is 19.9 Å². The highest BCUT2D eigenvalue weighted by molar-refractivity contribution is 9.10. The van der Waals surface area contributed by atoms with Crippen LogP contribution < -0.4 is 30.3 Å².